The van der Waals surface area contributed by atoms with Crippen molar-refractivity contribution in [3.63, 3.8) is 0 Å². The molecule has 1 fully saturated rings. The zero-order valence-corrected chi connectivity index (χ0v) is 15.4. The predicted molar refractivity (Wildman–Crippen MR) is 103 cm³/mol. The second kappa shape index (κ2) is 7.95. The summed E-state index contributed by atoms with van der Waals surface area (Å²) in [6.45, 7) is 2.38. The van der Waals surface area contributed by atoms with Gasteiger partial charge >= 0.3 is 6.18 Å². The van der Waals surface area contributed by atoms with Crippen LogP contribution in [0.3, 0.4) is 0 Å². The number of nitrogens with one attached hydrogen (secondary N) is 1. The van der Waals surface area contributed by atoms with Crippen molar-refractivity contribution >= 4 is 17.3 Å². The Morgan fingerprint density at radius 1 is 1.11 bits per heavy atom. The van der Waals surface area contributed by atoms with Gasteiger partial charge in [0.25, 0.3) is 5.91 Å². The van der Waals surface area contributed by atoms with Gasteiger partial charge in [0.05, 0.1) is 5.56 Å². The molecule has 0 aromatic heterocycles. The lowest BCUT2D eigenvalue weighted by molar-refractivity contribution is -0.137. The van der Waals surface area contributed by atoms with Gasteiger partial charge < -0.3 is 15.1 Å². The summed E-state index contributed by atoms with van der Waals surface area (Å²) < 4.78 is 41.0. The maximum absolute atomic E-state index is 13.7. The normalized spacial score (nSPS) is 15.2. The van der Waals surface area contributed by atoms with Crippen molar-refractivity contribution in [2.24, 2.45) is 0 Å². The zero-order chi connectivity index (χ0) is 20.3. The van der Waals surface area contributed by atoms with E-state index < -0.39 is 17.6 Å². The average Bonchev–Trinajstić information content (AvgIpc) is 2.67. The van der Waals surface area contributed by atoms with Gasteiger partial charge in [-0.3, -0.25) is 4.79 Å². The fraction of sp³-hybridized carbons (Fsp3) is 0.286. The van der Waals surface area contributed by atoms with Crippen LogP contribution in [0.15, 0.2) is 42.5 Å². The van der Waals surface area contributed by atoms with Crippen molar-refractivity contribution in [2.75, 3.05) is 43.4 Å². The molecule has 2 aromatic carbocycles. The largest absolute Gasteiger partial charge is 0.418 e. The number of carbonyl (C=O) groups is 1. The van der Waals surface area contributed by atoms with E-state index >= 15 is 0 Å². The van der Waals surface area contributed by atoms with Crippen LogP contribution in [0.2, 0.25) is 0 Å². The Kier molecular flexibility index (Phi) is 5.61. The minimum absolute atomic E-state index is 0.0590. The van der Waals surface area contributed by atoms with Crippen LogP contribution in [0.1, 0.15) is 21.5 Å². The van der Waals surface area contributed by atoms with Gasteiger partial charge in [-0.1, -0.05) is 12.0 Å². The lowest BCUT2D eigenvalue weighted by Gasteiger charge is -2.35. The van der Waals surface area contributed by atoms with E-state index in [4.69, 9.17) is 6.42 Å². The number of piperazine rings is 1. The Balaban J connectivity index is 1.88. The molecular weight excluding hydrogens is 367 g/mol. The highest BCUT2D eigenvalue weighted by Crippen LogP contribution is 2.37. The number of nitrogens with zero attached hydrogens (tertiary/aromatic N) is 2. The van der Waals surface area contributed by atoms with Crippen molar-refractivity contribution in [1.82, 2.24) is 4.90 Å². The highest BCUT2D eigenvalue weighted by atomic mass is 19.4. The van der Waals surface area contributed by atoms with E-state index in [2.05, 4.69) is 16.1 Å². The van der Waals surface area contributed by atoms with Crippen LogP contribution in [-0.2, 0) is 6.18 Å². The Morgan fingerprint density at radius 2 is 1.82 bits per heavy atom. The van der Waals surface area contributed by atoms with Gasteiger partial charge in [-0.25, -0.2) is 0 Å². The Hall–Kier alpha value is -2.98. The number of terminal acetylenes is 1. The number of halogens is 3. The summed E-state index contributed by atoms with van der Waals surface area (Å²) in [4.78, 5) is 16.2. The van der Waals surface area contributed by atoms with Crippen LogP contribution in [-0.4, -0.2) is 44.0 Å². The molecule has 0 radical (unpaired) electrons. The van der Waals surface area contributed by atoms with Gasteiger partial charge in [-0.2, -0.15) is 13.2 Å². The first kappa shape index (κ1) is 19.8. The molecule has 1 N–H and O–H groups in total. The van der Waals surface area contributed by atoms with Crippen molar-refractivity contribution in [3.05, 3.63) is 59.2 Å². The highest BCUT2D eigenvalue weighted by Gasteiger charge is 2.36. The van der Waals surface area contributed by atoms with E-state index in [1.807, 2.05) is 7.05 Å². The fourth-order valence-electron chi connectivity index (χ4n) is 3.12. The molecule has 1 aliphatic heterocycles. The molecule has 0 atom stereocenters. The lowest BCUT2D eigenvalue weighted by Crippen LogP contribution is -2.45. The second-order valence-corrected chi connectivity index (χ2v) is 6.70. The van der Waals surface area contributed by atoms with Gasteiger partial charge in [-0.05, 0) is 43.4 Å². The molecule has 0 unspecified atom stereocenters. The number of likely N-dealkylation sites (N-methyl/N-ethyl adjacent to an activating group) is 1. The molecule has 0 bridgehead atoms. The topological polar surface area (TPSA) is 35.6 Å². The molecule has 0 saturated carbocycles. The summed E-state index contributed by atoms with van der Waals surface area (Å²) in [5, 5.41) is 2.59. The van der Waals surface area contributed by atoms with Crippen LogP contribution in [0, 0.1) is 12.3 Å². The average molecular weight is 387 g/mol. The first-order valence-electron chi connectivity index (χ1n) is 8.80. The number of hydrogen-bond donors (Lipinski definition) is 1. The minimum Gasteiger partial charge on any atom is -0.368 e. The van der Waals surface area contributed by atoms with Gasteiger partial charge in [0.1, 0.15) is 0 Å². The van der Waals surface area contributed by atoms with Gasteiger partial charge in [0.15, 0.2) is 0 Å². The maximum atomic E-state index is 13.7. The van der Waals surface area contributed by atoms with E-state index in [9.17, 15) is 18.0 Å². The third-order valence-corrected chi connectivity index (χ3v) is 4.70. The van der Waals surface area contributed by atoms with Crippen LogP contribution in [0.4, 0.5) is 24.5 Å². The zero-order valence-electron chi connectivity index (χ0n) is 15.4. The predicted octanol–water partition coefficient (Wildman–Crippen LogP) is 3.69. The van der Waals surface area contributed by atoms with Gasteiger partial charge in [0, 0.05) is 48.7 Å². The van der Waals surface area contributed by atoms with E-state index in [1.54, 1.807) is 29.2 Å². The molecule has 1 heterocycles. The summed E-state index contributed by atoms with van der Waals surface area (Å²) in [6, 6.07) is 10.3. The molecule has 146 valence electrons. The molecule has 4 nitrogen and oxygen atoms in total. The quantitative estimate of drug-likeness (QED) is 0.816. The molecule has 2 aromatic rings. The number of rotatable bonds is 3. The third-order valence-electron chi connectivity index (χ3n) is 4.70. The summed E-state index contributed by atoms with van der Waals surface area (Å²) in [6.07, 6.45) is 0.772. The van der Waals surface area contributed by atoms with E-state index in [0.29, 0.717) is 37.4 Å². The summed E-state index contributed by atoms with van der Waals surface area (Å²) in [7, 11) is 1.94. The van der Waals surface area contributed by atoms with Crippen molar-refractivity contribution in [1.29, 1.82) is 0 Å². The van der Waals surface area contributed by atoms with Crippen LogP contribution in [0.25, 0.3) is 0 Å². The molecule has 0 spiro atoms. The monoisotopic (exact) mass is 387 g/mol. The lowest BCUT2D eigenvalue weighted by atomic mass is 10.1. The summed E-state index contributed by atoms with van der Waals surface area (Å²) in [5.41, 5.74) is 0.237. The Morgan fingerprint density at radius 3 is 2.46 bits per heavy atom. The summed E-state index contributed by atoms with van der Waals surface area (Å²) >= 11 is 0. The second-order valence-electron chi connectivity index (χ2n) is 6.70. The van der Waals surface area contributed by atoms with E-state index in [1.165, 1.54) is 12.1 Å². The molecule has 28 heavy (non-hydrogen) atoms. The van der Waals surface area contributed by atoms with Gasteiger partial charge in [0.2, 0.25) is 0 Å². The molecular formula is C21H20F3N3O. The Labute approximate surface area is 161 Å². The van der Waals surface area contributed by atoms with E-state index in [0.717, 1.165) is 6.07 Å². The number of benzene rings is 2. The smallest absolute Gasteiger partial charge is 0.368 e. The maximum Gasteiger partial charge on any atom is 0.418 e. The van der Waals surface area contributed by atoms with Crippen LogP contribution in [0.5, 0.6) is 0 Å². The molecule has 1 saturated heterocycles. The summed E-state index contributed by atoms with van der Waals surface area (Å²) in [5.74, 6) is 1.83. The molecule has 1 amide bonds. The van der Waals surface area contributed by atoms with Crippen LogP contribution >= 0.6 is 0 Å². The highest BCUT2D eigenvalue weighted by molar-refractivity contribution is 6.04. The van der Waals surface area contributed by atoms with Crippen molar-refractivity contribution in [3.8, 4) is 12.3 Å². The number of alkyl halides is 3. The first-order chi connectivity index (χ1) is 13.3. The molecule has 0 aliphatic carbocycles. The number of amides is 1. The van der Waals surface area contributed by atoms with Gasteiger partial charge in [-0.15, -0.1) is 6.42 Å². The van der Waals surface area contributed by atoms with Crippen molar-refractivity contribution in [2.45, 2.75) is 6.18 Å². The van der Waals surface area contributed by atoms with E-state index in [-0.39, 0.29) is 11.3 Å². The molecule has 1 aliphatic rings. The number of carbonyl (C=O) groups excluding carboxylic acids is 1. The third kappa shape index (κ3) is 4.46. The number of hydrogen-bond acceptors (Lipinski definition) is 3. The standard InChI is InChI=1S/C21H20F3N3O/c1-3-15-5-4-6-17(13-15)25-20(28)16-7-8-19(18(14-16)21(22,23)24)27-11-9-26(2)10-12-27/h1,4-8,13-14H,9-12H2,2H3,(H,25,28). The molecule has 3 rings (SSSR count). The Bertz CT molecular complexity index is 910. The first-order valence-corrected chi connectivity index (χ1v) is 8.80. The minimum atomic E-state index is -4.56. The fourth-order valence-corrected chi connectivity index (χ4v) is 3.12. The number of anilines is 2. The SMILES string of the molecule is C#Cc1cccc(NC(=O)c2ccc(N3CCN(C)CC3)c(C(F)(F)F)c2)c1. The van der Waals surface area contributed by atoms with Crippen molar-refractivity contribution < 1.29 is 18.0 Å². The van der Waals surface area contributed by atoms with Crippen LogP contribution < -0.4 is 10.2 Å². The molecule has 7 heteroatoms.